The molecule has 2 atom stereocenters. The molecule has 4 heteroatoms. The zero-order valence-corrected chi connectivity index (χ0v) is 14.3. The van der Waals surface area contributed by atoms with Gasteiger partial charge in [0.25, 0.3) is 0 Å². The Bertz CT molecular complexity index is 581. The van der Waals surface area contributed by atoms with Crippen molar-refractivity contribution in [2.24, 2.45) is 10.8 Å². The van der Waals surface area contributed by atoms with E-state index in [0.717, 1.165) is 24.3 Å². The van der Waals surface area contributed by atoms with E-state index in [-0.39, 0.29) is 10.8 Å². The molecule has 114 valence electrons. The van der Waals surface area contributed by atoms with Gasteiger partial charge in [0.2, 0.25) is 0 Å². The van der Waals surface area contributed by atoms with Gasteiger partial charge >= 0.3 is 0 Å². The minimum absolute atomic E-state index is 0.0760. The lowest BCUT2D eigenvalue weighted by Gasteiger charge is -2.20. The average molecular weight is 327 g/mol. The second-order valence-electron chi connectivity index (χ2n) is 7.05. The Kier molecular flexibility index (Phi) is 2.56. The summed E-state index contributed by atoms with van der Waals surface area (Å²) in [7, 11) is 3.46. The summed E-state index contributed by atoms with van der Waals surface area (Å²) in [5, 5.41) is 0. The van der Waals surface area contributed by atoms with Gasteiger partial charge in [0.15, 0.2) is 0 Å². The summed E-state index contributed by atoms with van der Waals surface area (Å²) in [6, 6.07) is 4.01. The van der Waals surface area contributed by atoms with Gasteiger partial charge in [-0.3, -0.25) is 0 Å². The maximum absolute atomic E-state index is 6.79. The van der Waals surface area contributed by atoms with Gasteiger partial charge in [-0.05, 0) is 36.8 Å². The summed E-state index contributed by atoms with van der Waals surface area (Å²) in [5.41, 5.74) is 2.39. The first-order valence-electron chi connectivity index (χ1n) is 7.48. The van der Waals surface area contributed by atoms with Gasteiger partial charge in [0.05, 0.1) is 14.2 Å². The van der Waals surface area contributed by atoms with E-state index in [2.05, 4.69) is 13.8 Å². The van der Waals surface area contributed by atoms with Gasteiger partial charge in [0, 0.05) is 22.0 Å². The fraction of sp³-hybridized carbons (Fsp3) is 0.647. The van der Waals surface area contributed by atoms with Crippen molar-refractivity contribution < 1.29 is 9.47 Å². The van der Waals surface area contributed by atoms with Crippen molar-refractivity contribution >= 4 is 23.2 Å². The number of ether oxygens (including phenoxy) is 2. The zero-order valence-electron chi connectivity index (χ0n) is 12.8. The molecule has 3 aliphatic rings. The van der Waals surface area contributed by atoms with E-state index in [9.17, 15) is 0 Å². The predicted molar refractivity (Wildman–Crippen MR) is 84.9 cm³/mol. The molecular weight excluding hydrogens is 307 g/mol. The number of methoxy groups -OCH3 is 2. The van der Waals surface area contributed by atoms with Crippen LogP contribution in [-0.4, -0.2) is 18.6 Å². The highest BCUT2D eigenvalue weighted by molar-refractivity contribution is 6.52. The minimum atomic E-state index is -0.680. The summed E-state index contributed by atoms with van der Waals surface area (Å²) in [6.07, 6.45) is 2.26. The molecule has 1 aromatic rings. The van der Waals surface area contributed by atoms with Crippen molar-refractivity contribution in [3.63, 3.8) is 0 Å². The largest absolute Gasteiger partial charge is 0.496 e. The summed E-state index contributed by atoms with van der Waals surface area (Å²) >= 11 is 13.6. The smallest absolute Gasteiger partial charge is 0.131 e. The van der Waals surface area contributed by atoms with Crippen molar-refractivity contribution in [1.29, 1.82) is 0 Å². The molecule has 1 spiro atoms. The number of rotatable bonds is 2. The van der Waals surface area contributed by atoms with Crippen LogP contribution in [0, 0.1) is 10.8 Å². The van der Waals surface area contributed by atoms with Gasteiger partial charge in [0.1, 0.15) is 15.8 Å². The van der Waals surface area contributed by atoms with E-state index < -0.39 is 4.33 Å². The molecule has 0 radical (unpaired) electrons. The number of hydrogen-bond acceptors (Lipinski definition) is 2. The highest BCUT2D eigenvalue weighted by Gasteiger charge is 2.90. The lowest BCUT2D eigenvalue weighted by atomic mass is 9.83. The summed E-state index contributed by atoms with van der Waals surface area (Å²) < 4.78 is 10.6. The van der Waals surface area contributed by atoms with Gasteiger partial charge in [-0.25, -0.2) is 0 Å². The van der Waals surface area contributed by atoms with E-state index in [4.69, 9.17) is 32.7 Å². The molecule has 0 unspecified atom stereocenters. The molecular formula is C17H20Cl2O2. The van der Waals surface area contributed by atoms with E-state index in [0.29, 0.717) is 11.8 Å². The number of fused-ring (bicyclic) bond motifs is 3. The third kappa shape index (κ3) is 1.19. The Morgan fingerprint density at radius 3 is 1.62 bits per heavy atom. The second-order valence-corrected chi connectivity index (χ2v) is 8.38. The van der Waals surface area contributed by atoms with Crippen molar-refractivity contribution in [3.8, 4) is 11.5 Å². The van der Waals surface area contributed by atoms with Crippen LogP contribution in [0.5, 0.6) is 11.5 Å². The molecule has 0 heterocycles. The topological polar surface area (TPSA) is 18.5 Å². The SMILES string of the molecule is COc1ccc(OC)c2c1[C@@H]1CC[C@@H]2C12C(C)(C)C2(Cl)Cl. The Morgan fingerprint density at radius 2 is 1.33 bits per heavy atom. The normalized spacial score (nSPS) is 36.7. The van der Waals surface area contributed by atoms with Crippen LogP contribution in [0.15, 0.2) is 12.1 Å². The average Bonchev–Trinajstić information content (AvgIpc) is 2.86. The monoisotopic (exact) mass is 326 g/mol. The molecule has 2 nitrogen and oxygen atoms in total. The lowest BCUT2D eigenvalue weighted by molar-refractivity contribution is 0.337. The van der Waals surface area contributed by atoms with Crippen molar-refractivity contribution in [1.82, 2.24) is 0 Å². The Balaban J connectivity index is 1.99. The first-order valence-corrected chi connectivity index (χ1v) is 8.24. The van der Waals surface area contributed by atoms with Crippen LogP contribution in [0.2, 0.25) is 0 Å². The predicted octanol–water partition coefficient (Wildman–Crippen LogP) is 4.88. The lowest BCUT2D eigenvalue weighted by Crippen LogP contribution is -2.14. The molecule has 2 fully saturated rings. The van der Waals surface area contributed by atoms with Crippen molar-refractivity contribution in [3.05, 3.63) is 23.3 Å². The molecule has 0 N–H and O–H groups in total. The standard InChI is InChI=1S/C17H20Cl2O2/c1-15(2)16(17(15,18)19)9-5-6-10(16)14-12(21-4)8-7-11(20-3)13(9)14/h7-10H,5-6H2,1-4H3/t9-,10-/m0/s1. The van der Waals surface area contributed by atoms with Gasteiger partial charge < -0.3 is 9.47 Å². The van der Waals surface area contributed by atoms with E-state index >= 15 is 0 Å². The van der Waals surface area contributed by atoms with Crippen LogP contribution in [-0.2, 0) is 0 Å². The van der Waals surface area contributed by atoms with E-state index in [1.165, 1.54) is 11.1 Å². The van der Waals surface area contributed by atoms with Crippen LogP contribution in [0.25, 0.3) is 0 Å². The molecule has 0 saturated heterocycles. The molecule has 2 saturated carbocycles. The van der Waals surface area contributed by atoms with Crippen LogP contribution < -0.4 is 9.47 Å². The molecule has 3 aliphatic carbocycles. The third-order valence-corrected chi connectivity index (χ3v) is 8.03. The van der Waals surface area contributed by atoms with Crippen molar-refractivity contribution in [2.75, 3.05) is 14.2 Å². The third-order valence-electron chi connectivity index (χ3n) is 6.46. The molecule has 1 aromatic carbocycles. The first-order chi connectivity index (χ1) is 9.86. The van der Waals surface area contributed by atoms with Crippen molar-refractivity contribution in [2.45, 2.75) is 42.9 Å². The second kappa shape index (κ2) is 3.83. The molecule has 4 rings (SSSR count). The highest BCUT2D eigenvalue weighted by atomic mass is 35.5. The van der Waals surface area contributed by atoms with Crippen LogP contribution >= 0.6 is 23.2 Å². The maximum atomic E-state index is 6.79. The van der Waals surface area contributed by atoms with E-state index in [1.54, 1.807) is 14.2 Å². The molecule has 2 bridgehead atoms. The van der Waals surface area contributed by atoms with Gasteiger partial charge in [-0.1, -0.05) is 13.8 Å². The van der Waals surface area contributed by atoms with E-state index in [1.807, 2.05) is 12.1 Å². The Hall–Kier alpha value is -0.600. The maximum Gasteiger partial charge on any atom is 0.131 e. The van der Waals surface area contributed by atoms with Gasteiger partial charge in [-0.15, -0.1) is 23.2 Å². The highest BCUT2D eigenvalue weighted by Crippen LogP contribution is 2.92. The number of halogens is 2. The molecule has 0 aromatic heterocycles. The summed E-state index contributed by atoms with van der Waals surface area (Å²) in [5.74, 6) is 2.63. The molecule has 0 amide bonds. The fourth-order valence-electron chi connectivity index (χ4n) is 5.59. The molecule has 0 aliphatic heterocycles. The quantitative estimate of drug-likeness (QED) is 0.721. The van der Waals surface area contributed by atoms with Crippen LogP contribution in [0.4, 0.5) is 0 Å². The minimum Gasteiger partial charge on any atom is -0.496 e. The number of hydrogen-bond donors (Lipinski definition) is 0. The summed E-state index contributed by atoms with van der Waals surface area (Å²) in [6.45, 7) is 4.40. The molecule has 21 heavy (non-hydrogen) atoms. The zero-order chi connectivity index (χ0) is 15.2. The first kappa shape index (κ1) is 14.0. The van der Waals surface area contributed by atoms with Crippen LogP contribution in [0.1, 0.15) is 49.7 Å². The Labute approximate surface area is 135 Å². The van der Waals surface area contributed by atoms with Gasteiger partial charge in [-0.2, -0.15) is 0 Å². The number of alkyl halides is 2. The fourth-order valence-corrected chi connectivity index (χ4v) is 6.80. The summed E-state index contributed by atoms with van der Waals surface area (Å²) in [4.78, 5) is 0. The Morgan fingerprint density at radius 1 is 0.952 bits per heavy atom. The van der Waals surface area contributed by atoms with Crippen LogP contribution in [0.3, 0.4) is 0 Å². The number of benzene rings is 1.